The number of carbonyl (C=O) groups excluding carboxylic acids is 2. The van der Waals surface area contributed by atoms with E-state index in [1.807, 2.05) is 59.5 Å². The third-order valence-corrected chi connectivity index (χ3v) is 5.48. The number of carboxylic acids is 1. The van der Waals surface area contributed by atoms with Crippen LogP contribution in [0.2, 0.25) is 0 Å². The fraction of sp³-hybridized carbons (Fsp3) is 0.375. The maximum atomic E-state index is 12.4. The molecule has 0 bridgehead atoms. The summed E-state index contributed by atoms with van der Waals surface area (Å²) >= 11 is 0. The number of nitrogens with zero attached hydrogens (tertiary/aromatic N) is 1. The molecule has 0 saturated carbocycles. The van der Waals surface area contributed by atoms with E-state index in [2.05, 4.69) is 5.32 Å². The van der Waals surface area contributed by atoms with E-state index in [-0.39, 0.29) is 31.9 Å². The molecule has 2 N–H and O–H groups in total. The minimum Gasteiger partial charge on any atom is -0.481 e. The van der Waals surface area contributed by atoms with E-state index in [0.29, 0.717) is 19.0 Å². The molecule has 2 aromatic rings. The Hall–Kier alpha value is -3.35. The highest BCUT2D eigenvalue weighted by Crippen LogP contribution is 2.28. The predicted octanol–water partition coefficient (Wildman–Crippen LogP) is 3.34. The number of ether oxygens (including phenoxy) is 1. The normalized spacial score (nSPS) is 14.1. The first-order valence-electron chi connectivity index (χ1n) is 10.5. The largest absolute Gasteiger partial charge is 0.481 e. The molecule has 0 aliphatic carbocycles. The van der Waals surface area contributed by atoms with Crippen molar-refractivity contribution < 1.29 is 24.2 Å². The Labute approximate surface area is 182 Å². The molecule has 1 aliphatic heterocycles. The number of piperidine rings is 1. The van der Waals surface area contributed by atoms with Crippen LogP contribution in [0.25, 0.3) is 0 Å². The first-order valence-corrected chi connectivity index (χ1v) is 10.5. The second-order valence-electron chi connectivity index (χ2n) is 7.71. The highest BCUT2D eigenvalue weighted by Gasteiger charge is 2.23. The molecule has 31 heavy (non-hydrogen) atoms. The lowest BCUT2D eigenvalue weighted by Gasteiger charge is -2.32. The number of hydrogen-bond donors (Lipinski definition) is 2. The van der Waals surface area contributed by atoms with Crippen molar-refractivity contribution in [3.63, 3.8) is 0 Å². The van der Waals surface area contributed by atoms with Crippen molar-refractivity contribution in [1.29, 1.82) is 0 Å². The van der Waals surface area contributed by atoms with Gasteiger partial charge in [0.1, 0.15) is 6.61 Å². The SMILES string of the molecule is O=C(O)Cc1ccc(C2CCN(C(=O)CCNC(=O)OCc3ccccc3)CC2)cc1. The Balaban J connectivity index is 1.34. The van der Waals surface area contributed by atoms with E-state index in [1.165, 1.54) is 5.56 Å². The van der Waals surface area contributed by atoms with E-state index < -0.39 is 12.1 Å². The molecule has 0 radical (unpaired) electrons. The maximum absolute atomic E-state index is 12.4. The Morgan fingerprint density at radius 3 is 2.29 bits per heavy atom. The average Bonchev–Trinajstić information content (AvgIpc) is 2.78. The number of aliphatic carboxylic acids is 1. The Morgan fingerprint density at radius 1 is 0.968 bits per heavy atom. The number of likely N-dealkylation sites (tertiary alicyclic amines) is 1. The molecule has 164 valence electrons. The third kappa shape index (κ3) is 7.13. The molecule has 7 heteroatoms. The quantitative estimate of drug-likeness (QED) is 0.678. The first-order chi connectivity index (χ1) is 15.0. The summed E-state index contributed by atoms with van der Waals surface area (Å²) in [6.45, 7) is 1.81. The summed E-state index contributed by atoms with van der Waals surface area (Å²) in [5, 5.41) is 11.5. The Bertz CT molecular complexity index is 875. The number of rotatable bonds is 8. The van der Waals surface area contributed by atoms with Crippen LogP contribution in [0.3, 0.4) is 0 Å². The molecule has 1 saturated heterocycles. The number of alkyl carbamates (subject to hydrolysis) is 1. The minimum absolute atomic E-state index is 0.0265. The van der Waals surface area contributed by atoms with Crippen molar-refractivity contribution in [1.82, 2.24) is 10.2 Å². The molecule has 1 aliphatic rings. The maximum Gasteiger partial charge on any atom is 0.407 e. The van der Waals surface area contributed by atoms with Gasteiger partial charge in [0.05, 0.1) is 6.42 Å². The Kier molecular flexibility index (Phi) is 8.04. The van der Waals surface area contributed by atoms with Crippen molar-refractivity contribution in [3.05, 3.63) is 71.3 Å². The van der Waals surface area contributed by atoms with Gasteiger partial charge in [0.15, 0.2) is 0 Å². The average molecular weight is 424 g/mol. The van der Waals surface area contributed by atoms with Crippen molar-refractivity contribution in [2.24, 2.45) is 0 Å². The zero-order valence-corrected chi connectivity index (χ0v) is 17.5. The molecule has 0 aromatic heterocycles. The van der Waals surface area contributed by atoms with Crippen LogP contribution in [0.15, 0.2) is 54.6 Å². The zero-order chi connectivity index (χ0) is 22.1. The van der Waals surface area contributed by atoms with Crippen molar-refractivity contribution in [3.8, 4) is 0 Å². The van der Waals surface area contributed by atoms with Crippen molar-refractivity contribution >= 4 is 18.0 Å². The molecule has 0 spiro atoms. The van der Waals surface area contributed by atoms with E-state index in [9.17, 15) is 14.4 Å². The van der Waals surface area contributed by atoms with Gasteiger partial charge in [0.25, 0.3) is 0 Å². The van der Waals surface area contributed by atoms with Gasteiger partial charge in [-0.25, -0.2) is 4.79 Å². The molecule has 3 rings (SSSR count). The van der Waals surface area contributed by atoms with Gasteiger partial charge in [-0.05, 0) is 35.4 Å². The Morgan fingerprint density at radius 2 is 1.65 bits per heavy atom. The lowest BCUT2D eigenvalue weighted by Crippen LogP contribution is -2.39. The molecule has 7 nitrogen and oxygen atoms in total. The molecular formula is C24H28N2O5. The van der Waals surface area contributed by atoms with Crippen LogP contribution >= 0.6 is 0 Å². The van der Waals surface area contributed by atoms with Crippen LogP contribution in [0.4, 0.5) is 4.79 Å². The zero-order valence-electron chi connectivity index (χ0n) is 17.5. The molecule has 2 amide bonds. The molecule has 1 fully saturated rings. The predicted molar refractivity (Wildman–Crippen MR) is 116 cm³/mol. The second kappa shape index (κ2) is 11.2. The monoisotopic (exact) mass is 424 g/mol. The van der Waals surface area contributed by atoms with Crippen LogP contribution in [-0.4, -0.2) is 47.6 Å². The summed E-state index contributed by atoms with van der Waals surface area (Å²) in [6.07, 6.45) is 1.49. The summed E-state index contributed by atoms with van der Waals surface area (Å²) in [6, 6.07) is 17.1. The van der Waals surface area contributed by atoms with E-state index in [0.717, 1.165) is 24.0 Å². The van der Waals surface area contributed by atoms with Gasteiger partial charge in [0, 0.05) is 26.1 Å². The smallest absolute Gasteiger partial charge is 0.407 e. The topological polar surface area (TPSA) is 95.9 Å². The molecule has 0 unspecified atom stereocenters. The number of hydrogen-bond acceptors (Lipinski definition) is 4. The van der Waals surface area contributed by atoms with Crippen LogP contribution in [0.5, 0.6) is 0 Å². The van der Waals surface area contributed by atoms with Gasteiger partial charge in [0.2, 0.25) is 5.91 Å². The fourth-order valence-electron chi connectivity index (χ4n) is 3.75. The molecule has 2 aromatic carbocycles. The molecule has 0 atom stereocenters. The van der Waals surface area contributed by atoms with E-state index in [1.54, 1.807) is 0 Å². The van der Waals surface area contributed by atoms with Crippen LogP contribution in [-0.2, 0) is 27.4 Å². The second-order valence-corrected chi connectivity index (χ2v) is 7.71. The fourth-order valence-corrected chi connectivity index (χ4v) is 3.75. The lowest BCUT2D eigenvalue weighted by molar-refractivity contribution is -0.136. The molecule has 1 heterocycles. The van der Waals surface area contributed by atoms with Gasteiger partial charge in [-0.3, -0.25) is 9.59 Å². The summed E-state index contributed by atoms with van der Waals surface area (Å²) < 4.78 is 5.14. The summed E-state index contributed by atoms with van der Waals surface area (Å²) in [5.74, 6) is -0.439. The summed E-state index contributed by atoms with van der Waals surface area (Å²) in [7, 11) is 0. The number of benzene rings is 2. The first kappa shape index (κ1) is 22.3. The van der Waals surface area contributed by atoms with Crippen molar-refractivity contribution in [2.75, 3.05) is 19.6 Å². The van der Waals surface area contributed by atoms with Crippen molar-refractivity contribution in [2.45, 2.75) is 38.2 Å². The van der Waals surface area contributed by atoms with Gasteiger partial charge in [-0.15, -0.1) is 0 Å². The standard InChI is InChI=1S/C24H28N2O5/c27-22(10-13-25-24(30)31-17-19-4-2-1-3-5-19)26-14-11-21(12-15-26)20-8-6-18(7-9-20)16-23(28)29/h1-9,21H,10-17H2,(H,25,30)(H,28,29). The van der Waals surface area contributed by atoms with Gasteiger partial charge < -0.3 is 20.1 Å². The minimum atomic E-state index is -0.835. The number of carbonyl (C=O) groups is 3. The lowest BCUT2D eigenvalue weighted by atomic mass is 9.88. The van der Waals surface area contributed by atoms with Gasteiger partial charge in [-0.2, -0.15) is 0 Å². The third-order valence-electron chi connectivity index (χ3n) is 5.48. The van der Waals surface area contributed by atoms with Gasteiger partial charge >= 0.3 is 12.1 Å². The van der Waals surface area contributed by atoms with Crippen LogP contribution in [0.1, 0.15) is 41.9 Å². The summed E-state index contributed by atoms with van der Waals surface area (Å²) in [5.41, 5.74) is 2.89. The highest BCUT2D eigenvalue weighted by molar-refractivity contribution is 5.77. The van der Waals surface area contributed by atoms with Gasteiger partial charge in [-0.1, -0.05) is 54.6 Å². The van der Waals surface area contributed by atoms with Crippen LogP contribution < -0.4 is 5.32 Å². The van der Waals surface area contributed by atoms with E-state index >= 15 is 0 Å². The molecular weight excluding hydrogens is 396 g/mol. The highest BCUT2D eigenvalue weighted by atomic mass is 16.5. The van der Waals surface area contributed by atoms with Crippen LogP contribution in [0, 0.1) is 0 Å². The summed E-state index contributed by atoms with van der Waals surface area (Å²) in [4.78, 5) is 36.8. The van der Waals surface area contributed by atoms with E-state index in [4.69, 9.17) is 9.84 Å². The number of amides is 2. The number of carboxylic acid groups (broad SMARTS) is 1. The number of nitrogens with one attached hydrogen (secondary N) is 1.